The lowest BCUT2D eigenvalue weighted by molar-refractivity contribution is -0.137. The van der Waals surface area contributed by atoms with Crippen molar-refractivity contribution >= 4 is 34.8 Å². The summed E-state index contributed by atoms with van der Waals surface area (Å²) < 4.78 is 15.9. The highest BCUT2D eigenvalue weighted by molar-refractivity contribution is 6.32. The van der Waals surface area contributed by atoms with E-state index in [1.54, 1.807) is 80.9 Å². The van der Waals surface area contributed by atoms with Gasteiger partial charge in [-0.2, -0.15) is 0 Å². The van der Waals surface area contributed by atoms with Crippen LogP contribution < -0.4 is 24.4 Å². The Morgan fingerprint density at radius 2 is 1.61 bits per heavy atom. The highest BCUT2D eigenvalue weighted by atomic mass is 35.5. The Morgan fingerprint density at radius 3 is 2.21 bits per heavy atom. The maximum Gasteiger partial charge on any atom is 0.256 e. The third kappa shape index (κ3) is 3.85. The van der Waals surface area contributed by atoms with Gasteiger partial charge in [0, 0.05) is 22.3 Å². The molecule has 3 aromatic rings. The smallest absolute Gasteiger partial charge is 0.256 e. The molecule has 170 valence electrons. The average Bonchev–Trinajstić information content (AvgIpc) is 2.83. The number of amides is 2. The molecule has 1 heterocycles. The Morgan fingerprint density at radius 1 is 0.939 bits per heavy atom. The topological polar surface area (TPSA) is 77.1 Å². The average molecular weight is 467 g/mol. The van der Waals surface area contributed by atoms with Gasteiger partial charge >= 0.3 is 0 Å². The maximum atomic E-state index is 13.9. The highest BCUT2D eigenvalue weighted by Gasteiger charge is 2.59. The molecule has 0 saturated carbocycles. The number of nitrogens with zero attached hydrogens (tertiary/aromatic N) is 1. The summed E-state index contributed by atoms with van der Waals surface area (Å²) in [5.41, 5.74) is 0.203. The van der Waals surface area contributed by atoms with E-state index < -0.39 is 11.4 Å². The van der Waals surface area contributed by atoms with E-state index in [0.717, 1.165) is 0 Å². The molecule has 1 fully saturated rings. The molecular weight excluding hydrogens is 444 g/mol. The van der Waals surface area contributed by atoms with Crippen LogP contribution in [0.3, 0.4) is 0 Å². The number of carbonyl (C=O) groups excluding carboxylic acids is 2. The second kappa shape index (κ2) is 9.03. The zero-order valence-electron chi connectivity index (χ0n) is 18.4. The van der Waals surface area contributed by atoms with E-state index in [9.17, 15) is 9.59 Å². The van der Waals surface area contributed by atoms with Gasteiger partial charge in [-0.1, -0.05) is 29.8 Å². The van der Waals surface area contributed by atoms with Crippen molar-refractivity contribution in [3.63, 3.8) is 0 Å². The number of methoxy groups -OCH3 is 3. The lowest BCUT2D eigenvalue weighted by atomic mass is 9.76. The maximum absolute atomic E-state index is 13.9. The molecule has 8 heteroatoms. The second-order valence-corrected chi connectivity index (χ2v) is 7.87. The number of anilines is 2. The van der Waals surface area contributed by atoms with Gasteiger partial charge < -0.3 is 19.5 Å². The van der Waals surface area contributed by atoms with Crippen LogP contribution in [-0.4, -0.2) is 33.1 Å². The van der Waals surface area contributed by atoms with Crippen LogP contribution in [0.25, 0.3) is 0 Å². The fourth-order valence-corrected chi connectivity index (χ4v) is 4.33. The monoisotopic (exact) mass is 466 g/mol. The van der Waals surface area contributed by atoms with Crippen molar-refractivity contribution in [2.75, 3.05) is 31.5 Å². The number of nitrogens with one attached hydrogen (secondary N) is 1. The highest BCUT2D eigenvalue weighted by Crippen LogP contribution is 2.48. The molecule has 0 aliphatic carbocycles. The molecular formula is C25H23ClN2O5. The van der Waals surface area contributed by atoms with Crippen molar-refractivity contribution in [2.24, 2.45) is 0 Å². The Labute approximate surface area is 196 Å². The Hall–Kier alpha value is -3.71. The molecule has 4 rings (SSSR count). The predicted molar refractivity (Wildman–Crippen MR) is 126 cm³/mol. The number of benzene rings is 3. The third-order valence-electron chi connectivity index (χ3n) is 5.72. The third-order valence-corrected chi connectivity index (χ3v) is 6.05. The van der Waals surface area contributed by atoms with E-state index in [4.69, 9.17) is 25.8 Å². The minimum atomic E-state index is -1.34. The van der Waals surface area contributed by atoms with Crippen LogP contribution in [0.1, 0.15) is 12.0 Å². The molecule has 0 bridgehead atoms. The summed E-state index contributed by atoms with van der Waals surface area (Å²) in [5, 5.41) is 3.32. The van der Waals surface area contributed by atoms with Crippen LogP contribution in [0, 0.1) is 0 Å². The van der Waals surface area contributed by atoms with Crippen molar-refractivity contribution in [1.29, 1.82) is 0 Å². The van der Waals surface area contributed by atoms with Gasteiger partial charge in [0.05, 0.1) is 33.4 Å². The van der Waals surface area contributed by atoms with E-state index in [1.165, 1.54) is 12.0 Å². The van der Waals surface area contributed by atoms with Crippen LogP contribution in [0.15, 0.2) is 66.7 Å². The molecule has 1 N–H and O–H groups in total. The number of hydrogen-bond acceptors (Lipinski definition) is 5. The van der Waals surface area contributed by atoms with Gasteiger partial charge in [0.2, 0.25) is 5.91 Å². The van der Waals surface area contributed by atoms with E-state index in [2.05, 4.69) is 5.32 Å². The van der Waals surface area contributed by atoms with Crippen molar-refractivity contribution in [3.8, 4) is 17.2 Å². The largest absolute Gasteiger partial charge is 0.497 e. The van der Waals surface area contributed by atoms with Crippen molar-refractivity contribution in [1.82, 2.24) is 0 Å². The fraction of sp³-hybridized carbons (Fsp3) is 0.200. The van der Waals surface area contributed by atoms with Crippen LogP contribution in [0.4, 0.5) is 11.4 Å². The van der Waals surface area contributed by atoms with Crippen molar-refractivity contribution in [3.05, 3.63) is 77.3 Å². The Kier molecular flexibility index (Phi) is 6.16. The minimum absolute atomic E-state index is 0.0347. The summed E-state index contributed by atoms with van der Waals surface area (Å²) in [6.07, 6.45) is -0.0347. The van der Waals surface area contributed by atoms with Crippen LogP contribution >= 0.6 is 11.6 Å². The SMILES string of the molecule is COc1ccc(N2C(=O)C[C@@]2(C(=O)Nc2ccc(OC)cc2OC)c2ccccc2Cl)cc1. The summed E-state index contributed by atoms with van der Waals surface area (Å²) in [6, 6.07) is 19.1. The van der Waals surface area contributed by atoms with E-state index in [0.29, 0.717) is 39.2 Å². The normalized spacial score (nSPS) is 17.2. The number of β-lactam (4-membered cyclic amide) rings is 1. The molecule has 1 atom stereocenters. The summed E-state index contributed by atoms with van der Waals surface area (Å²) in [6.45, 7) is 0. The first-order chi connectivity index (χ1) is 15.9. The van der Waals surface area contributed by atoms with Crippen LogP contribution in [0.2, 0.25) is 5.02 Å². The molecule has 7 nitrogen and oxygen atoms in total. The van der Waals surface area contributed by atoms with Gasteiger partial charge in [-0.15, -0.1) is 0 Å². The summed E-state index contributed by atoms with van der Waals surface area (Å²) in [7, 11) is 4.62. The molecule has 0 spiro atoms. The summed E-state index contributed by atoms with van der Waals surface area (Å²) >= 11 is 6.54. The molecule has 1 aliphatic heterocycles. The predicted octanol–water partition coefficient (Wildman–Crippen LogP) is 4.64. The van der Waals surface area contributed by atoms with Gasteiger partial charge in [-0.3, -0.25) is 14.5 Å². The molecule has 1 saturated heterocycles. The number of halogens is 1. The Bertz CT molecular complexity index is 1200. The lowest BCUT2D eigenvalue weighted by Gasteiger charge is -2.51. The zero-order chi connectivity index (χ0) is 23.6. The second-order valence-electron chi connectivity index (χ2n) is 7.46. The molecule has 33 heavy (non-hydrogen) atoms. The van der Waals surface area contributed by atoms with Gasteiger partial charge in [0.25, 0.3) is 5.91 Å². The number of hydrogen-bond donors (Lipinski definition) is 1. The molecule has 0 unspecified atom stereocenters. The van der Waals surface area contributed by atoms with Crippen LogP contribution in [0.5, 0.6) is 17.2 Å². The molecule has 0 aromatic heterocycles. The number of ether oxygens (including phenoxy) is 3. The first kappa shape index (κ1) is 22.5. The molecule has 2 amide bonds. The van der Waals surface area contributed by atoms with E-state index >= 15 is 0 Å². The van der Waals surface area contributed by atoms with Crippen LogP contribution in [-0.2, 0) is 15.1 Å². The first-order valence-electron chi connectivity index (χ1n) is 10.2. The lowest BCUT2D eigenvalue weighted by Crippen LogP contribution is -2.67. The standard InChI is InChI=1S/C25H23ClN2O5/c1-31-17-10-8-16(9-11-17)28-23(29)15-25(28,19-6-4-5-7-20(19)26)24(30)27-21-13-12-18(32-2)14-22(21)33-3/h4-14H,15H2,1-3H3,(H,27,30)/t25-/m0/s1. The van der Waals surface area contributed by atoms with Gasteiger partial charge in [0.15, 0.2) is 5.54 Å². The molecule has 0 radical (unpaired) electrons. The van der Waals surface area contributed by atoms with E-state index in [1.807, 2.05) is 0 Å². The number of carbonyl (C=O) groups is 2. The summed E-state index contributed by atoms with van der Waals surface area (Å²) in [5.74, 6) is 1.05. The zero-order valence-corrected chi connectivity index (χ0v) is 19.2. The van der Waals surface area contributed by atoms with E-state index in [-0.39, 0.29) is 12.3 Å². The van der Waals surface area contributed by atoms with Crippen molar-refractivity contribution in [2.45, 2.75) is 12.0 Å². The minimum Gasteiger partial charge on any atom is -0.497 e. The van der Waals surface area contributed by atoms with Gasteiger partial charge in [-0.05, 0) is 42.5 Å². The number of rotatable bonds is 7. The first-order valence-corrected chi connectivity index (χ1v) is 10.6. The fourth-order valence-electron chi connectivity index (χ4n) is 4.04. The van der Waals surface area contributed by atoms with Gasteiger partial charge in [0.1, 0.15) is 17.2 Å². The summed E-state index contributed by atoms with van der Waals surface area (Å²) in [4.78, 5) is 28.2. The van der Waals surface area contributed by atoms with Crippen molar-refractivity contribution < 1.29 is 23.8 Å². The quantitative estimate of drug-likeness (QED) is 0.513. The molecule has 3 aromatic carbocycles. The molecule has 1 aliphatic rings. The Balaban J connectivity index is 1.80. The van der Waals surface area contributed by atoms with Gasteiger partial charge in [-0.25, -0.2) is 0 Å².